The van der Waals surface area contributed by atoms with Gasteiger partial charge >= 0.3 is 0 Å². The number of benzene rings is 1. The summed E-state index contributed by atoms with van der Waals surface area (Å²) in [6, 6.07) is 6.08. The zero-order chi connectivity index (χ0) is 13.9. The van der Waals surface area contributed by atoms with E-state index >= 15 is 0 Å². The zero-order valence-corrected chi connectivity index (χ0v) is 12.1. The highest BCUT2D eigenvalue weighted by Gasteiger charge is 2.27. The molecular formula is C13H18ClNO3S. The molecule has 0 bridgehead atoms. The largest absolute Gasteiger partial charge is 0.391 e. The number of hydrogen-bond donors (Lipinski definition) is 2. The van der Waals surface area contributed by atoms with Gasteiger partial charge < -0.3 is 5.11 Å². The maximum absolute atomic E-state index is 12.2. The van der Waals surface area contributed by atoms with Gasteiger partial charge in [-0.25, -0.2) is 13.1 Å². The normalized spacial score (nSPS) is 24.3. The lowest BCUT2D eigenvalue weighted by Gasteiger charge is -2.28. The maximum atomic E-state index is 12.2. The quantitative estimate of drug-likeness (QED) is 0.836. The highest BCUT2D eigenvalue weighted by atomic mass is 35.5. The third-order valence-corrected chi connectivity index (χ3v) is 5.24. The van der Waals surface area contributed by atoms with Gasteiger partial charge in [0, 0.05) is 11.9 Å². The fourth-order valence-corrected chi connectivity index (χ4v) is 3.76. The first-order valence-corrected chi connectivity index (χ1v) is 8.40. The van der Waals surface area contributed by atoms with Crippen molar-refractivity contribution >= 4 is 21.6 Å². The monoisotopic (exact) mass is 303 g/mol. The SMILES string of the molecule is O=S(=O)(N[C@@H]1CCCC[C@H]1O)c1ccc(CCl)cc1. The minimum absolute atomic E-state index is 0.208. The van der Waals surface area contributed by atoms with Crippen molar-refractivity contribution in [2.75, 3.05) is 0 Å². The molecule has 1 saturated carbocycles. The predicted molar refractivity (Wildman–Crippen MR) is 74.6 cm³/mol. The van der Waals surface area contributed by atoms with Gasteiger partial charge in [-0.3, -0.25) is 0 Å². The molecule has 0 saturated heterocycles. The van der Waals surface area contributed by atoms with E-state index in [2.05, 4.69) is 4.72 Å². The number of hydrogen-bond acceptors (Lipinski definition) is 3. The van der Waals surface area contributed by atoms with Gasteiger partial charge in [-0.2, -0.15) is 0 Å². The van der Waals surface area contributed by atoms with Gasteiger partial charge in [-0.15, -0.1) is 11.6 Å². The minimum Gasteiger partial charge on any atom is -0.391 e. The van der Waals surface area contributed by atoms with Crippen molar-refractivity contribution in [1.29, 1.82) is 0 Å². The fourth-order valence-electron chi connectivity index (χ4n) is 2.27. The number of rotatable bonds is 4. The summed E-state index contributed by atoms with van der Waals surface area (Å²) >= 11 is 5.67. The summed E-state index contributed by atoms with van der Waals surface area (Å²) in [5.41, 5.74) is 0.873. The number of aliphatic hydroxyl groups excluding tert-OH is 1. The second-order valence-corrected chi connectivity index (χ2v) is 6.84. The van der Waals surface area contributed by atoms with Gasteiger partial charge in [0.15, 0.2) is 0 Å². The summed E-state index contributed by atoms with van der Waals surface area (Å²) in [6.45, 7) is 0. The van der Waals surface area contributed by atoms with Crippen molar-refractivity contribution in [3.63, 3.8) is 0 Å². The number of halogens is 1. The summed E-state index contributed by atoms with van der Waals surface area (Å²) in [5, 5.41) is 9.82. The molecule has 2 rings (SSSR count). The van der Waals surface area contributed by atoms with E-state index in [1.807, 2.05) is 0 Å². The van der Waals surface area contributed by atoms with E-state index in [1.54, 1.807) is 12.1 Å². The van der Waals surface area contributed by atoms with Crippen LogP contribution < -0.4 is 4.72 Å². The van der Waals surface area contributed by atoms with Crippen LogP contribution in [0.5, 0.6) is 0 Å². The summed E-state index contributed by atoms with van der Waals surface area (Å²) in [6.07, 6.45) is 2.63. The van der Waals surface area contributed by atoms with Crippen LogP contribution in [0.3, 0.4) is 0 Å². The molecule has 1 aromatic rings. The van der Waals surface area contributed by atoms with Crippen LogP contribution in [0.1, 0.15) is 31.2 Å². The first-order valence-electron chi connectivity index (χ1n) is 6.38. The van der Waals surface area contributed by atoms with Crippen LogP contribution >= 0.6 is 11.6 Å². The van der Waals surface area contributed by atoms with Crippen molar-refractivity contribution in [1.82, 2.24) is 4.72 Å². The average Bonchev–Trinajstić information content (AvgIpc) is 2.41. The van der Waals surface area contributed by atoms with Crippen molar-refractivity contribution < 1.29 is 13.5 Å². The highest BCUT2D eigenvalue weighted by molar-refractivity contribution is 7.89. The summed E-state index contributed by atoms with van der Waals surface area (Å²) in [4.78, 5) is 0.208. The smallest absolute Gasteiger partial charge is 0.240 e. The van der Waals surface area contributed by atoms with E-state index in [9.17, 15) is 13.5 Å². The van der Waals surface area contributed by atoms with Gasteiger partial charge in [-0.1, -0.05) is 25.0 Å². The maximum Gasteiger partial charge on any atom is 0.240 e. The number of alkyl halides is 1. The second-order valence-electron chi connectivity index (χ2n) is 4.86. The number of sulfonamides is 1. The minimum atomic E-state index is -3.57. The summed E-state index contributed by atoms with van der Waals surface area (Å²) in [5.74, 6) is 0.356. The van der Waals surface area contributed by atoms with E-state index in [0.717, 1.165) is 18.4 Å². The van der Waals surface area contributed by atoms with Crippen molar-refractivity contribution in [2.24, 2.45) is 0 Å². The molecule has 1 fully saturated rings. The standard InChI is InChI=1S/C13H18ClNO3S/c14-9-10-5-7-11(8-6-10)19(17,18)15-12-3-1-2-4-13(12)16/h5-8,12-13,15-16H,1-4,9H2/t12-,13-/m1/s1. The second kappa shape index (κ2) is 6.22. The van der Waals surface area contributed by atoms with Gasteiger partial charge in [0.2, 0.25) is 10.0 Å². The summed E-state index contributed by atoms with van der Waals surface area (Å²) in [7, 11) is -3.57. The molecule has 0 spiro atoms. The molecular weight excluding hydrogens is 286 g/mol. The van der Waals surface area contributed by atoms with Crippen molar-refractivity contribution in [3.05, 3.63) is 29.8 Å². The molecule has 1 aliphatic carbocycles. The third kappa shape index (κ3) is 3.69. The molecule has 0 heterocycles. The molecule has 19 heavy (non-hydrogen) atoms. The molecule has 0 radical (unpaired) electrons. The van der Waals surface area contributed by atoms with Crippen LogP contribution in [0.15, 0.2) is 29.2 Å². The lowest BCUT2D eigenvalue weighted by Crippen LogP contribution is -2.44. The van der Waals surface area contributed by atoms with Crippen molar-refractivity contribution in [3.8, 4) is 0 Å². The van der Waals surface area contributed by atoms with Crippen LogP contribution in [-0.2, 0) is 15.9 Å². The van der Waals surface area contributed by atoms with Crippen LogP contribution in [0, 0.1) is 0 Å². The van der Waals surface area contributed by atoms with E-state index in [1.165, 1.54) is 12.1 Å². The Labute approximate surface area is 118 Å². The number of aliphatic hydroxyl groups is 1. The predicted octanol–water partition coefficient (Wildman–Crippen LogP) is 2.01. The Hall–Kier alpha value is -0.620. The lowest BCUT2D eigenvalue weighted by atomic mass is 9.93. The molecule has 0 amide bonds. The highest BCUT2D eigenvalue weighted by Crippen LogP contribution is 2.21. The van der Waals surface area contributed by atoms with Crippen LogP contribution in [0.4, 0.5) is 0 Å². The van der Waals surface area contributed by atoms with Gasteiger partial charge in [0.25, 0.3) is 0 Å². The van der Waals surface area contributed by atoms with Gasteiger partial charge in [0.05, 0.1) is 11.0 Å². The molecule has 0 aliphatic heterocycles. The Bertz CT molecular complexity index is 515. The Morgan fingerprint density at radius 2 is 1.84 bits per heavy atom. The molecule has 6 heteroatoms. The van der Waals surface area contributed by atoms with E-state index in [-0.39, 0.29) is 10.9 Å². The first kappa shape index (κ1) is 14.8. The van der Waals surface area contributed by atoms with E-state index in [4.69, 9.17) is 11.6 Å². The molecule has 4 nitrogen and oxygen atoms in total. The van der Waals surface area contributed by atoms with Crippen LogP contribution in [0.25, 0.3) is 0 Å². The molecule has 2 N–H and O–H groups in total. The molecule has 106 valence electrons. The van der Waals surface area contributed by atoms with Crippen LogP contribution in [0.2, 0.25) is 0 Å². The Kier molecular flexibility index (Phi) is 4.84. The molecule has 0 aromatic heterocycles. The van der Waals surface area contributed by atoms with Gasteiger partial charge in [0.1, 0.15) is 0 Å². The third-order valence-electron chi connectivity index (χ3n) is 3.42. The molecule has 0 unspecified atom stereocenters. The Morgan fingerprint density at radius 1 is 1.21 bits per heavy atom. The zero-order valence-electron chi connectivity index (χ0n) is 10.5. The van der Waals surface area contributed by atoms with Crippen LogP contribution in [-0.4, -0.2) is 25.7 Å². The lowest BCUT2D eigenvalue weighted by molar-refractivity contribution is 0.101. The molecule has 2 atom stereocenters. The van der Waals surface area contributed by atoms with Gasteiger partial charge in [-0.05, 0) is 30.5 Å². The Morgan fingerprint density at radius 3 is 2.42 bits per heavy atom. The van der Waals surface area contributed by atoms with Crippen molar-refractivity contribution in [2.45, 2.75) is 48.6 Å². The van der Waals surface area contributed by atoms with E-state index in [0.29, 0.717) is 18.7 Å². The van der Waals surface area contributed by atoms with E-state index < -0.39 is 16.1 Å². The average molecular weight is 304 g/mol. The molecule has 1 aliphatic rings. The molecule has 1 aromatic carbocycles. The topological polar surface area (TPSA) is 66.4 Å². The Balaban J connectivity index is 2.12. The first-order chi connectivity index (χ1) is 9.03. The fraction of sp³-hybridized carbons (Fsp3) is 0.538. The summed E-state index contributed by atoms with van der Waals surface area (Å²) < 4.78 is 27.0. The number of nitrogens with one attached hydrogen (secondary N) is 1.